The molecule has 96 valence electrons. The van der Waals surface area contributed by atoms with Gasteiger partial charge in [0.25, 0.3) is 0 Å². The molecule has 0 radical (unpaired) electrons. The van der Waals surface area contributed by atoms with Gasteiger partial charge in [0.15, 0.2) is 17.3 Å². The summed E-state index contributed by atoms with van der Waals surface area (Å²) in [5.41, 5.74) is 8.17. The van der Waals surface area contributed by atoms with Crippen LogP contribution in [0.1, 0.15) is 19.2 Å². The second-order valence-electron chi connectivity index (χ2n) is 4.30. The number of hydrogen-bond donors (Lipinski definition) is 2. The summed E-state index contributed by atoms with van der Waals surface area (Å²) in [7, 11) is 0. The Hall–Kier alpha value is -2.50. The lowest BCUT2D eigenvalue weighted by Gasteiger charge is -2.00. The van der Waals surface area contributed by atoms with Crippen molar-refractivity contribution in [3.63, 3.8) is 0 Å². The van der Waals surface area contributed by atoms with E-state index in [9.17, 15) is 0 Å². The molecule has 3 rings (SSSR count). The molecule has 0 atom stereocenters. The SMILES string of the molecule is CCCc1nc2nc(-c3ccncc3)nc(N)c2[nH]1. The van der Waals surface area contributed by atoms with Gasteiger partial charge in [-0.3, -0.25) is 4.98 Å². The van der Waals surface area contributed by atoms with Gasteiger partial charge in [-0.15, -0.1) is 0 Å². The molecule has 3 N–H and O–H groups in total. The number of pyridine rings is 1. The lowest BCUT2D eigenvalue weighted by atomic mass is 10.2. The number of nitrogens with zero attached hydrogens (tertiary/aromatic N) is 4. The predicted molar refractivity (Wildman–Crippen MR) is 73.3 cm³/mol. The second-order valence-corrected chi connectivity index (χ2v) is 4.30. The molecule has 0 spiro atoms. The van der Waals surface area contributed by atoms with Crippen LogP contribution in [0.2, 0.25) is 0 Å². The lowest BCUT2D eigenvalue weighted by Crippen LogP contribution is -1.97. The Morgan fingerprint density at radius 2 is 1.95 bits per heavy atom. The quantitative estimate of drug-likeness (QED) is 0.745. The number of rotatable bonds is 3. The predicted octanol–water partition coefficient (Wildman–Crippen LogP) is 1.95. The van der Waals surface area contributed by atoms with E-state index in [4.69, 9.17) is 5.73 Å². The van der Waals surface area contributed by atoms with Crippen LogP contribution in [0.3, 0.4) is 0 Å². The van der Waals surface area contributed by atoms with E-state index in [1.807, 2.05) is 12.1 Å². The highest BCUT2D eigenvalue weighted by molar-refractivity contribution is 5.83. The topological polar surface area (TPSA) is 93.4 Å². The summed E-state index contributed by atoms with van der Waals surface area (Å²) in [5.74, 6) is 1.89. The monoisotopic (exact) mass is 254 g/mol. The average molecular weight is 254 g/mol. The smallest absolute Gasteiger partial charge is 0.183 e. The molecule has 0 saturated heterocycles. The van der Waals surface area contributed by atoms with E-state index in [2.05, 4.69) is 31.8 Å². The van der Waals surface area contributed by atoms with Crippen molar-refractivity contribution in [2.24, 2.45) is 0 Å². The highest BCUT2D eigenvalue weighted by Gasteiger charge is 2.11. The maximum Gasteiger partial charge on any atom is 0.183 e. The minimum absolute atomic E-state index is 0.423. The fourth-order valence-corrected chi connectivity index (χ4v) is 1.95. The zero-order valence-corrected chi connectivity index (χ0v) is 10.6. The van der Waals surface area contributed by atoms with Gasteiger partial charge in [0.2, 0.25) is 0 Å². The number of anilines is 1. The van der Waals surface area contributed by atoms with Crippen molar-refractivity contribution in [1.29, 1.82) is 0 Å². The maximum absolute atomic E-state index is 5.97. The molecule has 3 aromatic rings. The summed E-state index contributed by atoms with van der Waals surface area (Å²) in [5, 5.41) is 0. The first-order chi connectivity index (χ1) is 9.28. The van der Waals surface area contributed by atoms with Gasteiger partial charge in [-0.1, -0.05) is 6.92 Å². The number of aryl methyl sites for hydroxylation is 1. The molecular weight excluding hydrogens is 240 g/mol. The van der Waals surface area contributed by atoms with Crippen LogP contribution in [0.15, 0.2) is 24.5 Å². The largest absolute Gasteiger partial charge is 0.382 e. The first-order valence-corrected chi connectivity index (χ1v) is 6.20. The number of aromatic amines is 1. The van der Waals surface area contributed by atoms with Crippen molar-refractivity contribution >= 4 is 17.0 Å². The lowest BCUT2D eigenvalue weighted by molar-refractivity contribution is 0.860. The molecule has 0 aliphatic heterocycles. The van der Waals surface area contributed by atoms with Crippen LogP contribution in [0.4, 0.5) is 5.82 Å². The summed E-state index contributed by atoms with van der Waals surface area (Å²) >= 11 is 0. The normalized spacial score (nSPS) is 11.0. The van der Waals surface area contributed by atoms with Crippen molar-refractivity contribution in [2.45, 2.75) is 19.8 Å². The van der Waals surface area contributed by atoms with Crippen LogP contribution in [0.25, 0.3) is 22.6 Å². The Labute approximate surface area is 110 Å². The Kier molecular flexibility index (Phi) is 2.83. The number of fused-ring (bicyclic) bond motifs is 1. The number of hydrogen-bond acceptors (Lipinski definition) is 5. The van der Waals surface area contributed by atoms with Gasteiger partial charge in [-0.2, -0.15) is 0 Å². The number of nitrogen functional groups attached to an aromatic ring is 1. The molecule has 19 heavy (non-hydrogen) atoms. The highest BCUT2D eigenvalue weighted by Crippen LogP contribution is 2.21. The molecule has 0 fully saturated rings. The molecule has 3 heterocycles. The molecule has 0 aromatic carbocycles. The van der Waals surface area contributed by atoms with E-state index in [-0.39, 0.29) is 0 Å². The molecule has 0 unspecified atom stereocenters. The number of imidazole rings is 1. The van der Waals surface area contributed by atoms with Crippen LogP contribution < -0.4 is 5.73 Å². The third-order valence-corrected chi connectivity index (χ3v) is 2.85. The summed E-state index contributed by atoms with van der Waals surface area (Å²) in [6.07, 6.45) is 5.29. The second kappa shape index (κ2) is 4.64. The Balaban J connectivity index is 2.13. The summed E-state index contributed by atoms with van der Waals surface area (Å²) in [4.78, 5) is 20.4. The summed E-state index contributed by atoms with van der Waals surface area (Å²) < 4.78 is 0. The van der Waals surface area contributed by atoms with E-state index in [0.717, 1.165) is 24.2 Å². The van der Waals surface area contributed by atoms with Gasteiger partial charge in [0, 0.05) is 24.4 Å². The fraction of sp³-hybridized carbons (Fsp3) is 0.231. The Bertz CT molecular complexity index is 704. The zero-order chi connectivity index (χ0) is 13.2. The third-order valence-electron chi connectivity index (χ3n) is 2.85. The molecule has 0 saturated carbocycles. The molecule has 6 heteroatoms. The average Bonchev–Trinajstić information content (AvgIpc) is 2.83. The van der Waals surface area contributed by atoms with Gasteiger partial charge < -0.3 is 10.7 Å². The van der Waals surface area contributed by atoms with Crippen molar-refractivity contribution in [3.05, 3.63) is 30.4 Å². The highest BCUT2D eigenvalue weighted by atomic mass is 15.1. The van der Waals surface area contributed by atoms with Crippen molar-refractivity contribution in [3.8, 4) is 11.4 Å². The van der Waals surface area contributed by atoms with Crippen LogP contribution in [0, 0.1) is 0 Å². The maximum atomic E-state index is 5.97. The molecule has 6 nitrogen and oxygen atoms in total. The van der Waals surface area contributed by atoms with Gasteiger partial charge in [-0.25, -0.2) is 15.0 Å². The van der Waals surface area contributed by atoms with Crippen LogP contribution >= 0.6 is 0 Å². The zero-order valence-electron chi connectivity index (χ0n) is 10.6. The van der Waals surface area contributed by atoms with Gasteiger partial charge in [0.1, 0.15) is 11.3 Å². The minimum Gasteiger partial charge on any atom is -0.382 e. The van der Waals surface area contributed by atoms with E-state index in [1.54, 1.807) is 12.4 Å². The van der Waals surface area contributed by atoms with E-state index in [0.29, 0.717) is 22.8 Å². The van der Waals surface area contributed by atoms with Crippen molar-refractivity contribution in [2.75, 3.05) is 5.73 Å². The molecule has 0 aliphatic carbocycles. The van der Waals surface area contributed by atoms with Crippen LogP contribution in [0.5, 0.6) is 0 Å². The van der Waals surface area contributed by atoms with Crippen LogP contribution in [-0.4, -0.2) is 24.9 Å². The summed E-state index contributed by atoms with van der Waals surface area (Å²) in [6, 6.07) is 3.69. The standard InChI is InChI=1S/C13H14N6/c1-2-3-9-16-10-11(14)18-12(19-13(10)17-9)8-4-6-15-7-5-8/h4-7H,2-3H2,1H3,(H3,14,16,17,18,19). The first-order valence-electron chi connectivity index (χ1n) is 6.20. The van der Waals surface area contributed by atoms with E-state index in [1.165, 1.54) is 0 Å². The fourth-order valence-electron chi connectivity index (χ4n) is 1.95. The molecule has 0 bridgehead atoms. The van der Waals surface area contributed by atoms with Crippen molar-refractivity contribution < 1.29 is 0 Å². The van der Waals surface area contributed by atoms with Gasteiger partial charge >= 0.3 is 0 Å². The van der Waals surface area contributed by atoms with Crippen molar-refractivity contribution in [1.82, 2.24) is 24.9 Å². The van der Waals surface area contributed by atoms with E-state index >= 15 is 0 Å². The van der Waals surface area contributed by atoms with Gasteiger partial charge in [-0.05, 0) is 18.6 Å². The minimum atomic E-state index is 0.423. The first kappa shape index (κ1) is 11.6. The summed E-state index contributed by atoms with van der Waals surface area (Å²) in [6.45, 7) is 2.10. The number of nitrogens with two attached hydrogens (primary N) is 1. The Morgan fingerprint density at radius 3 is 2.68 bits per heavy atom. The number of aromatic nitrogens is 5. The molecule has 0 aliphatic rings. The van der Waals surface area contributed by atoms with Gasteiger partial charge in [0.05, 0.1) is 0 Å². The number of nitrogens with one attached hydrogen (secondary N) is 1. The molecule has 3 aromatic heterocycles. The third kappa shape index (κ3) is 2.12. The Morgan fingerprint density at radius 1 is 1.16 bits per heavy atom. The number of H-pyrrole nitrogens is 1. The van der Waals surface area contributed by atoms with E-state index < -0.39 is 0 Å². The molecular formula is C13H14N6. The molecule has 0 amide bonds. The van der Waals surface area contributed by atoms with Crippen LogP contribution in [-0.2, 0) is 6.42 Å².